The second-order valence-corrected chi connectivity index (χ2v) is 5.19. The molecule has 0 aliphatic heterocycles. The van der Waals surface area contributed by atoms with E-state index in [2.05, 4.69) is 5.32 Å². The number of nitrogens with zero attached hydrogens (tertiary/aromatic N) is 1. The van der Waals surface area contributed by atoms with Crippen LogP contribution in [-0.2, 0) is 19.1 Å². The van der Waals surface area contributed by atoms with Crippen LogP contribution in [0.2, 0.25) is 0 Å². The van der Waals surface area contributed by atoms with Crippen molar-refractivity contribution in [1.29, 1.82) is 0 Å². The van der Waals surface area contributed by atoms with E-state index in [1.807, 2.05) is 0 Å². The summed E-state index contributed by atoms with van der Waals surface area (Å²) in [4.78, 5) is 46.8. The predicted octanol–water partition coefficient (Wildman–Crippen LogP) is 1.24. The average Bonchev–Trinajstić information content (AvgIpc) is 2.50. The maximum absolute atomic E-state index is 11.7. The van der Waals surface area contributed by atoms with E-state index >= 15 is 0 Å². The van der Waals surface area contributed by atoms with Gasteiger partial charge in [0, 0.05) is 31.8 Å². The fraction of sp³-hybridized carbons (Fsp3) is 0.375. The topological polar surface area (TPSA) is 92.8 Å². The van der Waals surface area contributed by atoms with Gasteiger partial charge in [-0.3, -0.25) is 14.4 Å². The van der Waals surface area contributed by atoms with E-state index < -0.39 is 18.5 Å². The summed E-state index contributed by atoms with van der Waals surface area (Å²) < 4.78 is 4.76. The Morgan fingerprint density at radius 1 is 1.04 bits per heavy atom. The first-order chi connectivity index (χ1) is 10.8. The van der Waals surface area contributed by atoms with Gasteiger partial charge in [-0.05, 0) is 31.2 Å². The second kappa shape index (κ2) is 8.67. The van der Waals surface area contributed by atoms with Gasteiger partial charge in [0.1, 0.15) is 5.78 Å². The van der Waals surface area contributed by atoms with Gasteiger partial charge in [0.05, 0.1) is 6.42 Å². The Morgan fingerprint density at radius 3 is 2.17 bits per heavy atom. The normalized spacial score (nSPS) is 9.87. The fourth-order valence-electron chi connectivity index (χ4n) is 1.65. The number of hydrogen-bond acceptors (Lipinski definition) is 5. The molecule has 1 aromatic carbocycles. The number of carbonyl (C=O) groups is 4. The highest BCUT2D eigenvalue weighted by Crippen LogP contribution is 2.10. The Labute approximate surface area is 134 Å². The lowest BCUT2D eigenvalue weighted by atomic mass is 10.2. The Kier molecular flexibility index (Phi) is 6.92. The third kappa shape index (κ3) is 6.73. The van der Waals surface area contributed by atoms with Crippen molar-refractivity contribution in [2.24, 2.45) is 0 Å². The molecule has 1 aromatic rings. The number of esters is 1. The Bertz CT molecular complexity index is 593. The summed E-state index contributed by atoms with van der Waals surface area (Å²) in [5, 5.41) is 2.55. The first-order valence-corrected chi connectivity index (χ1v) is 7.06. The second-order valence-electron chi connectivity index (χ2n) is 5.19. The molecule has 1 rings (SSSR count). The summed E-state index contributed by atoms with van der Waals surface area (Å²) >= 11 is 0. The lowest BCUT2D eigenvalue weighted by Crippen LogP contribution is -2.22. The van der Waals surface area contributed by atoms with Gasteiger partial charge in [-0.15, -0.1) is 0 Å². The lowest BCUT2D eigenvalue weighted by molar-refractivity contribution is -0.148. The van der Waals surface area contributed by atoms with Crippen LogP contribution >= 0.6 is 0 Å². The Balaban J connectivity index is 2.44. The van der Waals surface area contributed by atoms with Gasteiger partial charge >= 0.3 is 5.97 Å². The minimum Gasteiger partial charge on any atom is -0.456 e. The molecule has 1 N–H and O–H groups in total. The molecule has 124 valence electrons. The third-order valence-electron chi connectivity index (χ3n) is 2.87. The number of nitrogens with one attached hydrogen (secondary N) is 1. The molecule has 0 unspecified atom stereocenters. The van der Waals surface area contributed by atoms with Crippen molar-refractivity contribution in [2.45, 2.75) is 19.8 Å². The van der Waals surface area contributed by atoms with Crippen molar-refractivity contribution in [1.82, 2.24) is 4.90 Å². The van der Waals surface area contributed by atoms with E-state index in [4.69, 9.17) is 4.74 Å². The van der Waals surface area contributed by atoms with Crippen LogP contribution in [0.15, 0.2) is 24.3 Å². The third-order valence-corrected chi connectivity index (χ3v) is 2.87. The minimum absolute atomic E-state index is 0.0377. The molecule has 0 bridgehead atoms. The number of hydrogen-bond donors (Lipinski definition) is 1. The van der Waals surface area contributed by atoms with Gasteiger partial charge in [-0.1, -0.05) is 0 Å². The van der Waals surface area contributed by atoms with Gasteiger partial charge in [0.2, 0.25) is 0 Å². The number of anilines is 1. The molecule has 0 atom stereocenters. The van der Waals surface area contributed by atoms with Crippen molar-refractivity contribution in [3.8, 4) is 0 Å². The summed E-state index contributed by atoms with van der Waals surface area (Å²) in [6.07, 6.45) is 0.0613. The zero-order chi connectivity index (χ0) is 17.4. The molecule has 0 aliphatic rings. The molecular formula is C16H20N2O5. The van der Waals surface area contributed by atoms with Gasteiger partial charge < -0.3 is 19.7 Å². The summed E-state index contributed by atoms with van der Waals surface area (Å²) in [5.74, 6) is -1.34. The van der Waals surface area contributed by atoms with Crippen molar-refractivity contribution in [2.75, 3.05) is 26.0 Å². The van der Waals surface area contributed by atoms with E-state index in [9.17, 15) is 19.2 Å². The van der Waals surface area contributed by atoms with Crippen LogP contribution in [0.3, 0.4) is 0 Å². The number of amides is 2. The number of ether oxygens (including phenoxy) is 1. The monoisotopic (exact) mass is 320 g/mol. The molecule has 0 aromatic heterocycles. The first kappa shape index (κ1) is 18.3. The van der Waals surface area contributed by atoms with E-state index in [0.717, 1.165) is 0 Å². The van der Waals surface area contributed by atoms with Crippen LogP contribution in [0.5, 0.6) is 0 Å². The van der Waals surface area contributed by atoms with Crippen LogP contribution in [0.4, 0.5) is 5.69 Å². The maximum atomic E-state index is 11.7. The molecule has 7 heteroatoms. The molecule has 0 saturated heterocycles. The van der Waals surface area contributed by atoms with Crippen LogP contribution in [0, 0.1) is 0 Å². The largest absolute Gasteiger partial charge is 0.456 e. The molecular weight excluding hydrogens is 300 g/mol. The standard InChI is InChI=1S/C16H20N2O5/c1-11(19)4-9-15(21)23-10-14(20)17-13-7-5-12(6-8-13)16(22)18(2)3/h5-8H,4,9-10H2,1-3H3,(H,17,20). The van der Waals surface area contributed by atoms with Crippen molar-refractivity contribution in [3.63, 3.8) is 0 Å². The highest BCUT2D eigenvalue weighted by molar-refractivity contribution is 5.96. The average molecular weight is 320 g/mol. The molecule has 0 aliphatic carbocycles. The zero-order valence-corrected chi connectivity index (χ0v) is 13.4. The lowest BCUT2D eigenvalue weighted by Gasteiger charge is -2.11. The quantitative estimate of drug-likeness (QED) is 0.763. The molecule has 7 nitrogen and oxygen atoms in total. The first-order valence-electron chi connectivity index (χ1n) is 7.06. The smallest absolute Gasteiger partial charge is 0.306 e. The summed E-state index contributed by atoms with van der Waals surface area (Å²) in [5.41, 5.74) is 0.994. The van der Waals surface area contributed by atoms with Gasteiger partial charge in [-0.2, -0.15) is 0 Å². The van der Waals surface area contributed by atoms with Crippen LogP contribution in [0.1, 0.15) is 30.1 Å². The SMILES string of the molecule is CC(=O)CCC(=O)OCC(=O)Nc1ccc(C(=O)N(C)C)cc1. The van der Waals surface area contributed by atoms with E-state index in [0.29, 0.717) is 11.3 Å². The molecule has 0 radical (unpaired) electrons. The van der Waals surface area contributed by atoms with Gasteiger partial charge in [-0.25, -0.2) is 0 Å². The predicted molar refractivity (Wildman–Crippen MR) is 84.0 cm³/mol. The fourth-order valence-corrected chi connectivity index (χ4v) is 1.65. The molecule has 0 heterocycles. The summed E-state index contributed by atoms with van der Waals surface area (Å²) in [6, 6.07) is 6.37. The van der Waals surface area contributed by atoms with Crippen LogP contribution in [-0.4, -0.2) is 49.2 Å². The summed E-state index contributed by atoms with van der Waals surface area (Å²) in [7, 11) is 3.30. The van der Waals surface area contributed by atoms with Crippen molar-refractivity contribution < 1.29 is 23.9 Å². The minimum atomic E-state index is -0.595. The molecule has 0 fully saturated rings. The van der Waals surface area contributed by atoms with Gasteiger partial charge in [0.15, 0.2) is 6.61 Å². The van der Waals surface area contributed by atoms with E-state index in [1.165, 1.54) is 11.8 Å². The van der Waals surface area contributed by atoms with Crippen molar-refractivity contribution in [3.05, 3.63) is 29.8 Å². The number of carbonyl (C=O) groups excluding carboxylic acids is 4. The summed E-state index contributed by atoms with van der Waals surface area (Å²) in [6.45, 7) is 0.958. The number of rotatable bonds is 7. The zero-order valence-electron chi connectivity index (χ0n) is 13.4. The highest BCUT2D eigenvalue weighted by Gasteiger charge is 2.10. The van der Waals surface area contributed by atoms with Crippen molar-refractivity contribution >= 4 is 29.3 Å². The Morgan fingerprint density at radius 2 is 1.65 bits per heavy atom. The highest BCUT2D eigenvalue weighted by atomic mass is 16.5. The molecule has 0 saturated carbocycles. The van der Waals surface area contributed by atoms with Crippen LogP contribution in [0.25, 0.3) is 0 Å². The molecule has 23 heavy (non-hydrogen) atoms. The Hall–Kier alpha value is -2.70. The number of Topliss-reactive ketones (excluding diaryl/α,β-unsaturated/α-hetero) is 1. The number of benzene rings is 1. The van der Waals surface area contributed by atoms with Gasteiger partial charge in [0.25, 0.3) is 11.8 Å². The van der Waals surface area contributed by atoms with Crippen LogP contribution < -0.4 is 5.32 Å². The maximum Gasteiger partial charge on any atom is 0.306 e. The van der Waals surface area contributed by atoms with E-state index in [-0.39, 0.29) is 24.5 Å². The number of ketones is 1. The molecule has 0 spiro atoms. The molecule has 2 amide bonds. The van der Waals surface area contributed by atoms with E-state index in [1.54, 1.807) is 38.4 Å².